The smallest absolute Gasteiger partial charge is 0.275 e. The molecule has 0 bridgehead atoms. The van der Waals surface area contributed by atoms with Crippen LogP contribution in [0, 0.1) is 6.92 Å². The number of nitrogens with zero attached hydrogens (tertiary/aromatic N) is 1. The van der Waals surface area contributed by atoms with Crippen LogP contribution in [0.4, 0.5) is 5.69 Å². The van der Waals surface area contributed by atoms with Gasteiger partial charge in [-0.25, -0.2) is 0 Å². The quantitative estimate of drug-likeness (QED) is 0.797. The van der Waals surface area contributed by atoms with Crippen molar-refractivity contribution in [3.05, 3.63) is 48.0 Å². The van der Waals surface area contributed by atoms with Gasteiger partial charge in [0.2, 0.25) is 0 Å². The first-order valence-electron chi connectivity index (χ1n) is 6.94. The fourth-order valence-electron chi connectivity index (χ4n) is 2.59. The van der Waals surface area contributed by atoms with Gasteiger partial charge in [0.05, 0.1) is 19.4 Å². The molecule has 0 aromatic heterocycles. The van der Waals surface area contributed by atoms with Crippen molar-refractivity contribution in [3.8, 4) is 16.9 Å². The molecule has 0 saturated carbocycles. The van der Waals surface area contributed by atoms with Crippen LogP contribution in [0.25, 0.3) is 11.1 Å². The van der Waals surface area contributed by atoms with E-state index in [0.29, 0.717) is 0 Å². The topological polar surface area (TPSA) is 21.7 Å². The van der Waals surface area contributed by atoms with E-state index in [1.807, 2.05) is 23.2 Å². The summed E-state index contributed by atoms with van der Waals surface area (Å²) < 4.78 is 5.50. The molecule has 102 valence electrons. The van der Waals surface area contributed by atoms with E-state index in [2.05, 4.69) is 31.2 Å². The molecule has 1 aliphatic heterocycles. The second-order valence-electron chi connectivity index (χ2n) is 5.01. The van der Waals surface area contributed by atoms with Crippen LogP contribution < -0.4 is 9.71 Å². The third-order valence-electron chi connectivity index (χ3n) is 3.57. The second kappa shape index (κ2) is 5.59. The molecule has 1 aliphatic rings. The lowest BCUT2D eigenvalue weighted by Gasteiger charge is -2.22. The lowest BCUT2D eigenvalue weighted by molar-refractivity contribution is 0.185. The summed E-state index contributed by atoms with van der Waals surface area (Å²) in [6.45, 7) is 2.90. The zero-order valence-electron chi connectivity index (χ0n) is 11.9. The highest BCUT2D eigenvalue weighted by Gasteiger charge is 2.20. The normalized spacial score (nSPS) is 14.2. The first-order valence-corrected chi connectivity index (χ1v) is 6.94. The lowest BCUT2D eigenvalue weighted by atomic mass is 9.88. The van der Waals surface area contributed by atoms with Gasteiger partial charge >= 0.3 is 0 Å². The van der Waals surface area contributed by atoms with Gasteiger partial charge in [-0.05, 0) is 31.4 Å². The van der Waals surface area contributed by atoms with Gasteiger partial charge in [0.15, 0.2) is 0 Å². The molecule has 3 rings (SSSR count). The van der Waals surface area contributed by atoms with Gasteiger partial charge in [-0.2, -0.15) is 0 Å². The molecule has 1 heterocycles. The molecule has 0 spiro atoms. The van der Waals surface area contributed by atoms with Gasteiger partial charge in [-0.3, -0.25) is 4.84 Å². The van der Waals surface area contributed by atoms with Crippen LogP contribution in [0.5, 0.6) is 5.75 Å². The number of aryl methyl sites for hydroxylation is 1. The van der Waals surface area contributed by atoms with Gasteiger partial charge in [0.1, 0.15) is 5.75 Å². The first kappa shape index (κ1) is 13.1. The highest BCUT2D eigenvalue weighted by Crippen LogP contribution is 2.37. The molecule has 1 fully saturated rings. The number of hydrogen-bond acceptors (Lipinski definition) is 3. The molecule has 0 N–H and O–H groups in total. The van der Waals surface area contributed by atoms with Crippen molar-refractivity contribution in [1.29, 1.82) is 0 Å². The molecule has 0 aliphatic carbocycles. The highest BCUT2D eigenvalue weighted by molar-refractivity contribution is 6.41. The third kappa shape index (κ3) is 2.39. The summed E-state index contributed by atoms with van der Waals surface area (Å²) in [6.07, 6.45) is 1.07. The fraction of sp³-hybridized carbons (Fsp3) is 0.250. The summed E-state index contributed by atoms with van der Waals surface area (Å²) in [5.74, 6) is 0.888. The van der Waals surface area contributed by atoms with Gasteiger partial charge in [-0.15, -0.1) is 0 Å². The van der Waals surface area contributed by atoms with Crippen LogP contribution >= 0.6 is 0 Å². The molecule has 0 amide bonds. The van der Waals surface area contributed by atoms with E-state index < -0.39 is 0 Å². The first-order chi connectivity index (χ1) is 9.79. The van der Waals surface area contributed by atoms with Crippen molar-refractivity contribution in [2.75, 3.05) is 18.7 Å². The van der Waals surface area contributed by atoms with Gasteiger partial charge in [-0.1, -0.05) is 29.8 Å². The van der Waals surface area contributed by atoms with Crippen molar-refractivity contribution in [1.82, 2.24) is 0 Å². The third-order valence-corrected chi connectivity index (χ3v) is 3.57. The van der Waals surface area contributed by atoms with Gasteiger partial charge < -0.3 is 9.71 Å². The zero-order valence-corrected chi connectivity index (χ0v) is 11.9. The van der Waals surface area contributed by atoms with E-state index >= 15 is 0 Å². The summed E-state index contributed by atoms with van der Waals surface area (Å²) in [6, 6.07) is 14.5. The molecule has 4 heteroatoms. The number of ether oxygens (including phenoxy) is 1. The Bertz CT molecular complexity index is 609. The van der Waals surface area contributed by atoms with Crippen LogP contribution in [-0.2, 0) is 4.84 Å². The Morgan fingerprint density at radius 1 is 1.15 bits per heavy atom. The Morgan fingerprint density at radius 2 is 2.00 bits per heavy atom. The number of para-hydroxylation sites is 1. The fourth-order valence-corrected chi connectivity index (χ4v) is 2.59. The van der Waals surface area contributed by atoms with Crippen LogP contribution in [0.3, 0.4) is 0 Å². The second-order valence-corrected chi connectivity index (χ2v) is 5.01. The number of rotatable bonds is 3. The maximum absolute atomic E-state index is 5.71. The van der Waals surface area contributed by atoms with Crippen LogP contribution in [-0.4, -0.2) is 21.1 Å². The lowest BCUT2D eigenvalue weighted by Crippen LogP contribution is -2.20. The summed E-state index contributed by atoms with van der Waals surface area (Å²) in [4.78, 5) is 7.69. The minimum absolute atomic E-state index is 0.791. The SMILES string of the molecule is COc1ccccc1-c1cc(C)ccc1N1BCCO1. The molecule has 0 unspecified atom stereocenters. The van der Waals surface area contributed by atoms with E-state index in [1.165, 1.54) is 5.56 Å². The largest absolute Gasteiger partial charge is 0.496 e. The average molecular weight is 267 g/mol. The summed E-state index contributed by atoms with van der Waals surface area (Å²) in [7, 11) is 2.64. The van der Waals surface area contributed by atoms with E-state index in [9.17, 15) is 0 Å². The average Bonchev–Trinajstić information content (AvgIpc) is 3.01. The van der Waals surface area contributed by atoms with Crippen LogP contribution in [0.15, 0.2) is 42.5 Å². The van der Waals surface area contributed by atoms with Crippen LogP contribution in [0.2, 0.25) is 6.32 Å². The van der Waals surface area contributed by atoms with Gasteiger partial charge in [0, 0.05) is 11.1 Å². The standard InChI is InChI=1S/C16H18BNO2/c1-12-7-8-15(18-17-9-10-20-18)14(11-12)13-5-3-4-6-16(13)19-2/h3-8,11,17H,9-10H2,1-2H3. The maximum Gasteiger partial charge on any atom is 0.275 e. The monoisotopic (exact) mass is 267 g/mol. The molecule has 0 atom stereocenters. The minimum Gasteiger partial charge on any atom is -0.496 e. The Morgan fingerprint density at radius 3 is 2.75 bits per heavy atom. The number of anilines is 1. The Hall–Kier alpha value is -1.94. The maximum atomic E-state index is 5.71. The van der Waals surface area contributed by atoms with Crippen molar-refractivity contribution in [3.63, 3.8) is 0 Å². The molecule has 2 aromatic rings. The summed E-state index contributed by atoms with van der Waals surface area (Å²) in [5, 5.41) is 0. The van der Waals surface area contributed by atoms with Crippen molar-refractivity contribution in [2.45, 2.75) is 13.2 Å². The van der Waals surface area contributed by atoms with E-state index in [4.69, 9.17) is 9.57 Å². The molecule has 0 radical (unpaired) electrons. The van der Waals surface area contributed by atoms with Crippen molar-refractivity contribution < 1.29 is 9.57 Å². The summed E-state index contributed by atoms with van der Waals surface area (Å²) >= 11 is 0. The molecule has 20 heavy (non-hydrogen) atoms. The molecule has 2 aromatic carbocycles. The Balaban J connectivity index is 2.13. The highest BCUT2D eigenvalue weighted by atomic mass is 16.7. The number of methoxy groups -OCH3 is 1. The molecule has 3 nitrogen and oxygen atoms in total. The molecular formula is C16H18BNO2. The number of benzene rings is 2. The van der Waals surface area contributed by atoms with Crippen molar-refractivity contribution in [2.24, 2.45) is 0 Å². The predicted molar refractivity (Wildman–Crippen MR) is 83.6 cm³/mol. The van der Waals surface area contributed by atoms with Crippen LogP contribution in [0.1, 0.15) is 5.56 Å². The predicted octanol–water partition coefficient (Wildman–Crippen LogP) is 3.19. The zero-order chi connectivity index (χ0) is 13.9. The molecular weight excluding hydrogens is 249 g/mol. The Labute approximate surface area is 120 Å². The van der Waals surface area contributed by atoms with E-state index in [0.717, 1.165) is 42.9 Å². The van der Waals surface area contributed by atoms with E-state index in [1.54, 1.807) is 7.11 Å². The number of hydrogen-bond donors (Lipinski definition) is 0. The Kier molecular flexibility index (Phi) is 3.65. The minimum atomic E-state index is 0.791. The summed E-state index contributed by atoms with van der Waals surface area (Å²) in [5.41, 5.74) is 4.60. The van der Waals surface area contributed by atoms with Crippen molar-refractivity contribution >= 4 is 13.1 Å². The molecule has 1 saturated heterocycles. The van der Waals surface area contributed by atoms with E-state index in [-0.39, 0.29) is 0 Å². The van der Waals surface area contributed by atoms with Gasteiger partial charge in [0.25, 0.3) is 7.41 Å².